The molecule has 1 aromatic carbocycles. The zero-order chi connectivity index (χ0) is 13.4. The molecule has 3 rings (SSSR count). The number of carbonyl (C=O) groups excluding carboxylic acids is 1. The lowest BCUT2D eigenvalue weighted by Gasteiger charge is -2.04. The Hall–Kier alpha value is -1.68. The number of amides is 1. The zero-order valence-corrected chi connectivity index (χ0v) is 11.9. The maximum absolute atomic E-state index is 12.2. The van der Waals surface area contributed by atoms with Crippen LogP contribution in [0, 0.1) is 13.8 Å². The molecule has 1 amide bonds. The van der Waals surface area contributed by atoms with E-state index in [1.165, 1.54) is 23.4 Å². The highest BCUT2D eigenvalue weighted by atomic mass is 32.1. The molecule has 0 saturated heterocycles. The molecule has 98 valence electrons. The van der Waals surface area contributed by atoms with E-state index in [-0.39, 0.29) is 5.91 Å². The Morgan fingerprint density at radius 3 is 2.74 bits per heavy atom. The predicted octanol–water partition coefficient (Wildman–Crippen LogP) is 3.89. The summed E-state index contributed by atoms with van der Waals surface area (Å²) < 4.78 is 0. The molecule has 1 fully saturated rings. The predicted molar refractivity (Wildman–Crippen MR) is 78.0 cm³/mol. The number of aromatic nitrogens is 1. The van der Waals surface area contributed by atoms with Crippen molar-refractivity contribution < 1.29 is 4.79 Å². The fourth-order valence-corrected chi connectivity index (χ4v) is 3.08. The number of carbonyl (C=O) groups is 1. The molecule has 1 saturated carbocycles. The maximum atomic E-state index is 12.2. The lowest BCUT2D eigenvalue weighted by molar-refractivity contribution is 0.102. The van der Waals surface area contributed by atoms with Crippen molar-refractivity contribution in [3.05, 3.63) is 46.0 Å². The van der Waals surface area contributed by atoms with Crippen molar-refractivity contribution in [1.29, 1.82) is 0 Å². The molecule has 1 heterocycles. The van der Waals surface area contributed by atoms with Crippen LogP contribution in [-0.4, -0.2) is 10.9 Å². The second-order valence-corrected chi connectivity index (χ2v) is 6.21. The topological polar surface area (TPSA) is 42.0 Å². The van der Waals surface area contributed by atoms with Gasteiger partial charge in [0.25, 0.3) is 5.91 Å². The fraction of sp³-hybridized carbons (Fsp3) is 0.333. The van der Waals surface area contributed by atoms with E-state index < -0.39 is 0 Å². The quantitative estimate of drug-likeness (QED) is 0.921. The summed E-state index contributed by atoms with van der Waals surface area (Å²) in [6, 6.07) is 7.60. The van der Waals surface area contributed by atoms with E-state index in [1.807, 2.05) is 31.2 Å². The Bertz CT molecular complexity index is 629. The van der Waals surface area contributed by atoms with Gasteiger partial charge in [0.15, 0.2) is 5.13 Å². The van der Waals surface area contributed by atoms with E-state index >= 15 is 0 Å². The molecule has 1 N–H and O–H groups in total. The first-order valence-corrected chi connectivity index (χ1v) is 7.31. The van der Waals surface area contributed by atoms with Crippen LogP contribution in [0.2, 0.25) is 0 Å². The molecular formula is C15H16N2OS. The number of nitrogens with zero attached hydrogens (tertiary/aromatic N) is 1. The van der Waals surface area contributed by atoms with Gasteiger partial charge < -0.3 is 0 Å². The lowest BCUT2D eigenvalue weighted by atomic mass is 10.1. The summed E-state index contributed by atoms with van der Waals surface area (Å²) in [5.41, 5.74) is 2.86. The van der Waals surface area contributed by atoms with Crippen LogP contribution in [0.1, 0.15) is 45.3 Å². The standard InChI is InChI=1S/C15H16N2OS/c1-9-5-3-4-6-12(9)14(18)17-15-16-13(10(2)19-15)11-7-8-11/h3-6,11H,7-8H2,1-2H3,(H,16,17,18). The molecule has 0 atom stereocenters. The number of hydrogen-bond acceptors (Lipinski definition) is 3. The first kappa shape index (κ1) is 12.4. The van der Waals surface area contributed by atoms with Gasteiger partial charge in [-0.1, -0.05) is 18.2 Å². The van der Waals surface area contributed by atoms with Crippen molar-refractivity contribution in [3.63, 3.8) is 0 Å². The largest absolute Gasteiger partial charge is 0.298 e. The molecule has 0 aliphatic heterocycles. The van der Waals surface area contributed by atoms with Gasteiger partial charge >= 0.3 is 0 Å². The van der Waals surface area contributed by atoms with Crippen LogP contribution in [0.3, 0.4) is 0 Å². The van der Waals surface area contributed by atoms with Gasteiger partial charge in [-0.3, -0.25) is 10.1 Å². The third-order valence-corrected chi connectivity index (χ3v) is 4.31. The average molecular weight is 272 g/mol. The minimum Gasteiger partial charge on any atom is -0.298 e. The van der Waals surface area contributed by atoms with Gasteiger partial charge in [0.1, 0.15) is 0 Å². The Morgan fingerprint density at radius 2 is 2.05 bits per heavy atom. The number of thiazole rings is 1. The third-order valence-electron chi connectivity index (χ3n) is 3.41. The smallest absolute Gasteiger partial charge is 0.257 e. The van der Waals surface area contributed by atoms with Crippen molar-refractivity contribution in [2.75, 3.05) is 5.32 Å². The van der Waals surface area contributed by atoms with E-state index in [9.17, 15) is 4.79 Å². The van der Waals surface area contributed by atoms with Crippen LogP contribution in [0.25, 0.3) is 0 Å². The molecule has 0 radical (unpaired) electrons. The monoisotopic (exact) mass is 272 g/mol. The molecule has 4 heteroatoms. The summed E-state index contributed by atoms with van der Waals surface area (Å²) in [6.07, 6.45) is 2.46. The summed E-state index contributed by atoms with van der Waals surface area (Å²) in [7, 11) is 0. The van der Waals surface area contributed by atoms with Crippen LogP contribution in [0.4, 0.5) is 5.13 Å². The van der Waals surface area contributed by atoms with Gasteiger partial charge in [0, 0.05) is 16.4 Å². The van der Waals surface area contributed by atoms with Crippen molar-refractivity contribution in [3.8, 4) is 0 Å². The van der Waals surface area contributed by atoms with Crippen molar-refractivity contribution in [2.24, 2.45) is 0 Å². The Kier molecular flexibility index (Phi) is 3.11. The van der Waals surface area contributed by atoms with Crippen LogP contribution in [-0.2, 0) is 0 Å². The van der Waals surface area contributed by atoms with E-state index in [1.54, 1.807) is 11.3 Å². The first-order chi connectivity index (χ1) is 9.15. The van der Waals surface area contributed by atoms with Crippen LogP contribution in [0.15, 0.2) is 24.3 Å². The summed E-state index contributed by atoms with van der Waals surface area (Å²) in [5, 5.41) is 3.63. The zero-order valence-electron chi connectivity index (χ0n) is 11.1. The van der Waals surface area contributed by atoms with E-state index in [4.69, 9.17) is 0 Å². The number of benzene rings is 1. The van der Waals surface area contributed by atoms with Crippen molar-refractivity contribution in [1.82, 2.24) is 4.98 Å². The van der Waals surface area contributed by atoms with Crippen molar-refractivity contribution >= 4 is 22.4 Å². The van der Waals surface area contributed by atoms with E-state index in [2.05, 4.69) is 17.2 Å². The summed E-state index contributed by atoms with van der Waals surface area (Å²) in [6.45, 7) is 4.02. The number of hydrogen-bond donors (Lipinski definition) is 1. The first-order valence-electron chi connectivity index (χ1n) is 6.49. The molecule has 1 aliphatic rings. The van der Waals surface area contributed by atoms with Gasteiger partial charge in [-0.2, -0.15) is 0 Å². The Balaban J connectivity index is 1.79. The summed E-state index contributed by atoms with van der Waals surface area (Å²) in [4.78, 5) is 18.0. The van der Waals surface area contributed by atoms with Crippen LogP contribution in [0.5, 0.6) is 0 Å². The lowest BCUT2D eigenvalue weighted by Crippen LogP contribution is -2.13. The fourth-order valence-electron chi connectivity index (χ4n) is 2.19. The SMILES string of the molecule is Cc1ccccc1C(=O)Nc1nc(C2CC2)c(C)s1. The highest BCUT2D eigenvalue weighted by Crippen LogP contribution is 2.43. The second-order valence-electron chi connectivity index (χ2n) is 5.00. The molecule has 19 heavy (non-hydrogen) atoms. The van der Waals surface area contributed by atoms with Gasteiger partial charge in [-0.25, -0.2) is 4.98 Å². The molecule has 0 bridgehead atoms. The molecular weight excluding hydrogens is 256 g/mol. The van der Waals surface area contributed by atoms with Crippen LogP contribution < -0.4 is 5.32 Å². The Labute approximate surface area is 116 Å². The molecule has 2 aromatic rings. The highest BCUT2D eigenvalue weighted by molar-refractivity contribution is 7.15. The molecule has 1 aromatic heterocycles. The second kappa shape index (κ2) is 4.78. The number of anilines is 1. The Morgan fingerprint density at radius 1 is 1.32 bits per heavy atom. The number of nitrogens with one attached hydrogen (secondary N) is 1. The van der Waals surface area contributed by atoms with Gasteiger partial charge in [0.05, 0.1) is 5.69 Å². The highest BCUT2D eigenvalue weighted by Gasteiger charge is 2.28. The molecule has 0 unspecified atom stereocenters. The van der Waals surface area contributed by atoms with E-state index in [0.29, 0.717) is 16.6 Å². The number of aryl methyl sites for hydroxylation is 2. The molecule has 1 aliphatic carbocycles. The maximum Gasteiger partial charge on any atom is 0.257 e. The van der Waals surface area contributed by atoms with Gasteiger partial charge in [-0.15, -0.1) is 11.3 Å². The third kappa shape index (κ3) is 2.54. The van der Waals surface area contributed by atoms with Crippen molar-refractivity contribution in [2.45, 2.75) is 32.6 Å². The average Bonchev–Trinajstić information content (AvgIpc) is 3.15. The van der Waals surface area contributed by atoms with Gasteiger partial charge in [-0.05, 0) is 38.3 Å². The summed E-state index contributed by atoms with van der Waals surface area (Å²) >= 11 is 1.57. The molecule has 0 spiro atoms. The van der Waals surface area contributed by atoms with Gasteiger partial charge in [0.2, 0.25) is 0 Å². The number of rotatable bonds is 3. The molecule has 3 nitrogen and oxygen atoms in total. The summed E-state index contributed by atoms with van der Waals surface area (Å²) in [5.74, 6) is 0.551. The van der Waals surface area contributed by atoms with E-state index in [0.717, 1.165) is 5.56 Å². The minimum absolute atomic E-state index is 0.0748. The minimum atomic E-state index is -0.0748. The normalized spacial score (nSPS) is 14.4. The van der Waals surface area contributed by atoms with Crippen LogP contribution >= 0.6 is 11.3 Å².